The highest BCUT2D eigenvalue weighted by molar-refractivity contribution is 6.06. The summed E-state index contributed by atoms with van der Waals surface area (Å²) in [7, 11) is 3.08. The van der Waals surface area contributed by atoms with Gasteiger partial charge in [0, 0.05) is 36.4 Å². The average Bonchev–Trinajstić information content (AvgIpc) is 2.91. The summed E-state index contributed by atoms with van der Waals surface area (Å²) in [6, 6.07) is 18.7. The van der Waals surface area contributed by atoms with Crippen molar-refractivity contribution in [3.63, 3.8) is 0 Å². The maximum Gasteiger partial charge on any atom is 0.258 e. The number of hydrogen-bond acceptors (Lipinski definition) is 5. The summed E-state index contributed by atoms with van der Waals surface area (Å²) in [6.45, 7) is 4.64. The molecule has 0 saturated heterocycles. The molecule has 7 nitrogen and oxygen atoms in total. The van der Waals surface area contributed by atoms with E-state index in [1.807, 2.05) is 37.3 Å². The van der Waals surface area contributed by atoms with Crippen molar-refractivity contribution in [3.05, 3.63) is 88.5 Å². The van der Waals surface area contributed by atoms with Gasteiger partial charge in [0.05, 0.1) is 14.2 Å². The first-order valence-corrected chi connectivity index (χ1v) is 11.8. The fourth-order valence-electron chi connectivity index (χ4n) is 4.31. The molecule has 0 unspecified atom stereocenters. The Morgan fingerprint density at radius 3 is 2.54 bits per heavy atom. The van der Waals surface area contributed by atoms with Gasteiger partial charge in [0.25, 0.3) is 11.8 Å². The molecule has 0 saturated carbocycles. The summed E-state index contributed by atoms with van der Waals surface area (Å²) in [4.78, 5) is 27.8. The van der Waals surface area contributed by atoms with E-state index in [1.165, 1.54) is 18.2 Å². The van der Waals surface area contributed by atoms with Gasteiger partial charge in [-0.1, -0.05) is 18.2 Å². The van der Waals surface area contributed by atoms with Crippen LogP contribution in [0.3, 0.4) is 0 Å². The van der Waals surface area contributed by atoms with Crippen molar-refractivity contribution in [2.75, 3.05) is 32.2 Å². The minimum atomic E-state index is -0.236. The van der Waals surface area contributed by atoms with Crippen LogP contribution in [0.4, 0.5) is 5.69 Å². The standard InChI is InChI=1S/C28H31N3O4/c1-4-31(24-10-8-20-12-13-29-18-23(20)15-24)28(33)22-7-5-6-19(14-22)17-30-27(32)21-9-11-25(34-2)26(16-21)35-3/h5-11,14-16,29H,4,12-13,17-18H2,1-3H3,(H,30,32). The second kappa shape index (κ2) is 11.1. The monoisotopic (exact) mass is 473 g/mol. The maximum atomic E-state index is 13.4. The van der Waals surface area contributed by atoms with Gasteiger partial charge in [-0.15, -0.1) is 0 Å². The third-order valence-electron chi connectivity index (χ3n) is 6.22. The molecular weight excluding hydrogens is 442 g/mol. The van der Waals surface area contributed by atoms with Crippen LogP contribution in [0.1, 0.15) is 44.3 Å². The highest BCUT2D eigenvalue weighted by atomic mass is 16.5. The molecule has 2 N–H and O–H groups in total. The molecule has 3 aromatic rings. The van der Waals surface area contributed by atoms with Gasteiger partial charge in [-0.2, -0.15) is 0 Å². The minimum absolute atomic E-state index is 0.0655. The lowest BCUT2D eigenvalue weighted by molar-refractivity contribution is 0.0949. The molecule has 0 radical (unpaired) electrons. The van der Waals surface area contributed by atoms with Crippen molar-refractivity contribution in [2.45, 2.75) is 26.4 Å². The second-order valence-electron chi connectivity index (χ2n) is 8.38. The Morgan fingerprint density at radius 1 is 0.943 bits per heavy atom. The number of hydrogen-bond donors (Lipinski definition) is 2. The van der Waals surface area contributed by atoms with Gasteiger partial charge in [0.1, 0.15) is 0 Å². The Bertz CT molecular complexity index is 1220. The van der Waals surface area contributed by atoms with Crippen molar-refractivity contribution in [1.29, 1.82) is 0 Å². The predicted octanol–water partition coefficient (Wildman–Crippen LogP) is 3.95. The van der Waals surface area contributed by atoms with Gasteiger partial charge in [0.15, 0.2) is 11.5 Å². The topological polar surface area (TPSA) is 79.9 Å². The summed E-state index contributed by atoms with van der Waals surface area (Å²) in [5.41, 5.74) is 5.37. The van der Waals surface area contributed by atoms with Gasteiger partial charge in [-0.3, -0.25) is 9.59 Å². The Hall–Kier alpha value is -3.84. The Labute approximate surface area is 206 Å². The molecule has 0 spiro atoms. The molecule has 0 atom stereocenters. The number of carbonyl (C=O) groups excluding carboxylic acids is 2. The molecule has 2 amide bonds. The number of benzene rings is 3. The molecule has 0 bridgehead atoms. The third-order valence-corrected chi connectivity index (χ3v) is 6.22. The van der Waals surface area contributed by atoms with Crippen LogP contribution in [-0.2, 0) is 19.5 Å². The third kappa shape index (κ3) is 5.46. The van der Waals surface area contributed by atoms with Crippen LogP contribution in [0, 0.1) is 0 Å². The van der Waals surface area contributed by atoms with Crippen molar-refractivity contribution < 1.29 is 19.1 Å². The second-order valence-corrected chi connectivity index (χ2v) is 8.38. The van der Waals surface area contributed by atoms with Gasteiger partial charge < -0.3 is 25.0 Å². The van der Waals surface area contributed by atoms with Crippen LogP contribution in [-0.4, -0.2) is 39.1 Å². The Balaban J connectivity index is 1.46. The molecule has 3 aromatic carbocycles. The number of methoxy groups -OCH3 is 2. The largest absolute Gasteiger partial charge is 0.493 e. The lowest BCUT2D eigenvalue weighted by Gasteiger charge is -2.24. The number of nitrogens with one attached hydrogen (secondary N) is 2. The molecule has 7 heteroatoms. The molecule has 1 aliphatic rings. The molecule has 35 heavy (non-hydrogen) atoms. The highest BCUT2D eigenvalue weighted by Gasteiger charge is 2.19. The van der Waals surface area contributed by atoms with Crippen molar-refractivity contribution >= 4 is 17.5 Å². The quantitative estimate of drug-likeness (QED) is 0.518. The molecule has 1 heterocycles. The van der Waals surface area contributed by atoms with Crippen LogP contribution in [0.2, 0.25) is 0 Å². The summed E-state index contributed by atoms with van der Waals surface area (Å²) in [5.74, 6) is 0.751. The number of rotatable bonds is 8. The summed E-state index contributed by atoms with van der Waals surface area (Å²) < 4.78 is 10.5. The van der Waals surface area contributed by atoms with E-state index in [1.54, 1.807) is 30.2 Å². The van der Waals surface area contributed by atoms with Crippen LogP contribution in [0.15, 0.2) is 60.7 Å². The zero-order valence-electron chi connectivity index (χ0n) is 20.4. The average molecular weight is 474 g/mol. The van der Waals surface area contributed by atoms with Crippen LogP contribution in [0.5, 0.6) is 11.5 Å². The number of nitrogens with zero attached hydrogens (tertiary/aromatic N) is 1. The van der Waals surface area contributed by atoms with Crippen LogP contribution in [0.25, 0.3) is 0 Å². The molecule has 0 aliphatic carbocycles. The summed E-state index contributed by atoms with van der Waals surface area (Å²) >= 11 is 0. The molecular formula is C28H31N3O4. The fraction of sp³-hybridized carbons (Fsp3) is 0.286. The first-order valence-electron chi connectivity index (χ1n) is 11.8. The summed E-state index contributed by atoms with van der Waals surface area (Å²) in [6.07, 6.45) is 1.01. The number of fused-ring (bicyclic) bond motifs is 1. The molecule has 1 aliphatic heterocycles. The van der Waals surface area contributed by atoms with Crippen LogP contribution >= 0.6 is 0 Å². The first kappa shape index (κ1) is 24.3. The van der Waals surface area contributed by atoms with E-state index < -0.39 is 0 Å². The van der Waals surface area contributed by atoms with E-state index >= 15 is 0 Å². The SMILES string of the molecule is CCN(C(=O)c1cccc(CNC(=O)c2ccc(OC)c(OC)c2)c1)c1ccc2c(c1)CNCC2. The van der Waals surface area contributed by atoms with E-state index in [4.69, 9.17) is 9.47 Å². The number of amides is 2. The minimum Gasteiger partial charge on any atom is -0.493 e. The van der Waals surface area contributed by atoms with E-state index in [-0.39, 0.29) is 11.8 Å². The van der Waals surface area contributed by atoms with Gasteiger partial charge >= 0.3 is 0 Å². The van der Waals surface area contributed by atoms with E-state index in [0.29, 0.717) is 35.7 Å². The van der Waals surface area contributed by atoms with E-state index in [0.717, 1.165) is 30.8 Å². The summed E-state index contributed by atoms with van der Waals surface area (Å²) in [5, 5.41) is 6.30. The molecule has 0 fully saturated rings. The van der Waals surface area contributed by atoms with Gasteiger partial charge in [-0.05, 0) is 79.0 Å². The maximum absolute atomic E-state index is 13.4. The number of ether oxygens (including phenoxy) is 2. The zero-order valence-corrected chi connectivity index (χ0v) is 20.4. The first-order chi connectivity index (χ1) is 17.0. The Morgan fingerprint density at radius 2 is 1.77 bits per heavy atom. The van der Waals surface area contributed by atoms with Crippen molar-refractivity contribution in [1.82, 2.24) is 10.6 Å². The van der Waals surface area contributed by atoms with Crippen molar-refractivity contribution in [2.24, 2.45) is 0 Å². The highest BCUT2D eigenvalue weighted by Crippen LogP contribution is 2.27. The fourth-order valence-corrected chi connectivity index (χ4v) is 4.31. The van der Waals surface area contributed by atoms with E-state index in [9.17, 15) is 9.59 Å². The lowest BCUT2D eigenvalue weighted by Crippen LogP contribution is -2.31. The molecule has 4 rings (SSSR count). The predicted molar refractivity (Wildman–Crippen MR) is 136 cm³/mol. The smallest absolute Gasteiger partial charge is 0.258 e. The molecule has 182 valence electrons. The van der Waals surface area contributed by atoms with Crippen LogP contribution < -0.4 is 25.0 Å². The lowest BCUT2D eigenvalue weighted by atomic mass is 10.00. The van der Waals surface area contributed by atoms with Gasteiger partial charge in [-0.25, -0.2) is 0 Å². The zero-order chi connectivity index (χ0) is 24.8. The van der Waals surface area contributed by atoms with Gasteiger partial charge in [0.2, 0.25) is 0 Å². The Kier molecular flexibility index (Phi) is 7.67. The number of anilines is 1. The molecule has 0 aromatic heterocycles. The van der Waals surface area contributed by atoms with E-state index in [2.05, 4.69) is 22.8 Å². The number of carbonyl (C=O) groups is 2. The van der Waals surface area contributed by atoms with Crippen molar-refractivity contribution in [3.8, 4) is 11.5 Å². The normalized spacial score (nSPS) is 12.4.